The second kappa shape index (κ2) is 7.06. The van der Waals surface area contributed by atoms with Crippen molar-refractivity contribution in [2.24, 2.45) is 5.92 Å². The maximum absolute atomic E-state index is 12.8. The van der Waals surface area contributed by atoms with Crippen LogP contribution in [0.4, 0.5) is 18.0 Å². The first-order valence-corrected chi connectivity index (χ1v) is 8.43. The minimum absolute atomic E-state index is 0.0578. The average Bonchev–Trinajstić information content (AvgIpc) is 2.44. The molecule has 26 heavy (non-hydrogen) atoms. The Hall–Kier alpha value is -1.83. The number of likely N-dealkylation sites (tertiary alicyclic amines) is 1. The van der Waals surface area contributed by atoms with Crippen molar-refractivity contribution in [3.05, 3.63) is 28.5 Å². The van der Waals surface area contributed by atoms with Crippen LogP contribution in [0.1, 0.15) is 51.4 Å². The molecule has 2 atom stereocenters. The summed E-state index contributed by atoms with van der Waals surface area (Å²) < 4.78 is 43.7. The van der Waals surface area contributed by atoms with Crippen LogP contribution in [0.3, 0.4) is 0 Å². The van der Waals surface area contributed by atoms with E-state index in [0.29, 0.717) is 0 Å². The number of aromatic nitrogens is 1. The molecule has 0 aliphatic carbocycles. The first kappa shape index (κ1) is 20.5. The summed E-state index contributed by atoms with van der Waals surface area (Å²) in [6, 6.07) is 0.719. The number of halogens is 4. The fraction of sp³-hybridized carbons (Fsp3) is 0.588. The Morgan fingerprint density at radius 1 is 1.31 bits per heavy atom. The Bertz CT molecular complexity index is 716. The number of carbonyl (C=O) groups is 2. The number of nitrogens with zero attached hydrogens (tertiary/aromatic N) is 2. The zero-order valence-corrected chi connectivity index (χ0v) is 15.6. The van der Waals surface area contributed by atoms with Crippen molar-refractivity contribution < 1.29 is 27.5 Å². The van der Waals surface area contributed by atoms with Gasteiger partial charge >= 0.3 is 12.3 Å². The third kappa shape index (κ3) is 4.66. The molecule has 0 radical (unpaired) electrons. The van der Waals surface area contributed by atoms with E-state index in [4.69, 9.17) is 16.3 Å². The lowest BCUT2D eigenvalue weighted by atomic mass is 9.89. The van der Waals surface area contributed by atoms with Crippen LogP contribution in [0, 0.1) is 5.92 Å². The highest BCUT2D eigenvalue weighted by atomic mass is 35.5. The maximum Gasteiger partial charge on any atom is 0.433 e. The van der Waals surface area contributed by atoms with Crippen LogP contribution in [0.2, 0.25) is 5.15 Å². The van der Waals surface area contributed by atoms with Gasteiger partial charge in [-0.2, -0.15) is 13.2 Å². The number of ether oxygens (including phenoxy) is 1. The van der Waals surface area contributed by atoms with Crippen LogP contribution in [-0.2, 0) is 15.7 Å². The Kier molecular flexibility index (Phi) is 5.56. The molecule has 1 aromatic heterocycles. The molecular weight excluding hydrogens is 373 g/mol. The normalized spacial score (nSPS) is 21.7. The molecule has 144 valence electrons. The van der Waals surface area contributed by atoms with Gasteiger partial charge in [-0.15, -0.1) is 0 Å². The summed E-state index contributed by atoms with van der Waals surface area (Å²) in [6.07, 6.45) is -5.20. The number of hydrogen-bond acceptors (Lipinski definition) is 4. The van der Waals surface area contributed by atoms with Crippen molar-refractivity contribution in [1.29, 1.82) is 0 Å². The predicted molar refractivity (Wildman–Crippen MR) is 88.7 cm³/mol. The molecule has 1 fully saturated rings. The first-order valence-electron chi connectivity index (χ1n) is 8.05. The Balaban J connectivity index is 2.42. The highest BCUT2D eigenvalue weighted by Crippen LogP contribution is 2.37. The minimum atomic E-state index is -4.65. The van der Waals surface area contributed by atoms with Gasteiger partial charge in [-0.3, -0.25) is 9.69 Å². The summed E-state index contributed by atoms with van der Waals surface area (Å²) >= 11 is 5.93. The average molecular weight is 393 g/mol. The number of carbonyl (C=O) groups excluding carboxylic acids is 2. The Labute approximate surface area is 154 Å². The molecule has 1 aliphatic rings. The van der Waals surface area contributed by atoms with Gasteiger partial charge in [0.1, 0.15) is 22.5 Å². The molecule has 5 nitrogen and oxygen atoms in total. The molecule has 9 heteroatoms. The van der Waals surface area contributed by atoms with E-state index < -0.39 is 34.8 Å². The first-order chi connectivity index (χ1) is 11.8. The van der Waals surface area contributed by atoms with Crippen molar-refractivity contribution >= 4 is 23.5 Å². The van der Waals surface area contributed by atoms with E-state index in [1.807, 2.05) is 0 Å². The molecule has 0 unspecified atom stereocenters. The van der Waals surface area contributed by atoms with Crippen molar-refractivity contribution in [2.45, 2.75) is 51.9 Å². The van der Waals surface area contributed by atoms with Crippen molar-refractivity contribution in [3.8, 4) is 0 Å². The molecule has 0 N–H and O–H groups in total. The Morgan fingerprint density at radius 3 is 2.42 bits per heavy atom. The lowest BCUT2D eigenvalue weighted by Gasteiger charge is -2.38. The molecule has 2 rings (SSSR count). The molecule has 1 aromatic rings. The maximum atomic E-state index is 12.8. The molecule has 2 heterocycles. The van der Waals surface area contributed by atoms with Crippen LogP contribution >= 0.6 is 11.6 Å². The zero-order valence-electron chi connectivity index (χ0n) is 14.9. The summed E-state index contributed by atoms with van der Waals surface area (Å²) in [5.41, 5.74) is -1.89. The molecule has 1 amide bonds. The largest absolute Gasteiger partial charge is 0.444 e. The van der Waals surface area contributed by atoms with Crippen LogP contribution in [0.25, 0.3) is 0 Å². The number of ketones is 1. The van der Waals surface area contributed by atoms with Gasteiger partial charge in [0.15, 0.2) is 5.78 Å². The number of rotatable bonds is 1. The monoisotopic (exact) mass is 392 g/mol. The van der Waals surface area contributed by atoms with E-state index in [1.165, 1.54) is 4.90 Å². The SMILES string of the molecule is C[C@@H]1CC(=O)[C@H](c2ccc(C(F)(F)F)nc2Cl)N(C(=O)OC(C)(C)C)C1. The minimum Gasteiger partial charge on any atom is -0.444 e. The fourth-order valence-corrected chi connectivity index (χ4v) is 3.04. The summed E-state index contributed by atoms with van der Waals surface area (Å²) in [7, 11) is 0. The van der Waals surface area contributed by atoms with Gasteiger partial charge in [0.05, 0.1) is 0 Å². The van der Waals surface area contributed by atoms with Gasteiger partial charge < -0.3 is 4.74 Å². The number of piperidine rings is 1. The lowest BCUT2D eigenvalue weighted by Crippen LogP contribution is -2.48. The van der Waals surface area contributed by atoms with E-state index >= 15 is 0 Å². The predicted octanol–water partition coefficient (Wildman–Crippen LogP) is 4.64. The molecular formula is C17H20ClF3N2O3. The van der Waals surface area contributed by atoms with E-state index in [2.05, 4.69) is 4.98 Å². The fourth-order valence-electron chi connectivity index (χ4n) is 2.78. The van der Waals surface area contributed by atoms with Gasteiger partial charge in [-0.1, -0.05) is 24.6 Å². The van der Waals surface area contributed by atoms with Crippen LogP contribution in [-0.4, -0.2) is 33.9 Å². The number of alkyl halides is 3. The second-order valence-corrected chi connectivity index (χ2v) is 7.74. The van der Waals surface area contributed by atoms with Gasteiger partial charge in [0.2, 0.25) is 0 Å². The van der Waals surface area contributed by atoms with Crippen LogP contribution < -0.4 is 0 Å². The van der Waals surface area contributed by atoms with Crippen LogP contribution in [0.5, 0.6) is 0 Å². The molecule has 0 saturated carbocycles. The molecule has 1 saturated heterocycles. The number of hydrogen-bond donors (Lipinski definition) is 0. The smallest absolute Gasteiger partial charge is 0.433 e. The summed E-state index contributed by atoms with van der Waals surface area (Å²) in [5.74, 6) is -0.425. The van der Waals surface area contributed by atoms with E-state index in [1.54, 1.807) is 27.7 Å². The molecule has 0 bridgehead atoms. The lowest BCUT2D eigenvalue weighted by molar-refractivity contribution is -0.141. The van der Waals surface area contributed by atoms with E-state index in [0.717, 1.165) is 12.1 Å². The van der Waals surface area contributed by atoms with Gasteiger partial charge in [-0.25, -0.2) is 9.78 Å². The zero-order chi connectivity index (χ0) is 19.9. The number of Topliss-reactive ketones (excluding diaryl/α,β-unsaturated/α-hetero) is 1. The van der Waals surface area contributed by atoms with Crippen LogP contribution in [0.15, 0.2) is 12.1 Å². The summed E-state index contributed by atoms with van der Waals surface area (Å²) in [5, 5.41) is -0.457. The van der Waals surface area contributed by atoms with E-state index in [-0.39, 0.29) is 30.2 Å². The third-order valence-corrected chi connectivity index (χ3v) is 4.07. The van der Waals surface area contributed by atoms with E-state index in [9.17, 15) is 22.8 Å². The highest BCUT2D eigenvalue weighted by molar-refractivity contribution is 6.30. The second-order valence-electron chi connectivity index (χ2n) is 7.39. The third-order valence-electron chi connectivity index (χ3n) is 3.77. The standard InChI is InChI=1S/C17H20ClF3N2O3/c1-9-7-11(24)13(23(8-9)15(25)26-16(2,3)4)10-5-6-12(17(19,20)21)22-14(10)18/h5-6,9,13H,7-8H2,1-4H3/t9-,13+/m1/s1. The highest BCUT2D eigenvalue weighted by Gasteiger charge is 2.41. The Morgan fingerprint density at radius 2 is 1.92 bits per heavy atom. The van der Waals surface area contributed by atoms with Crippen molar-refractivity contribution in [2.75, 3.05) is 6.54 Å². The van der Waals surface area contributed by atoms with Gasteiger partial charge in [-0.05, 0) is 32.8 Å². The molecule has 0 aromatic carbocycles. The number of pyridine rings is 1. The quantitative estimate of drug-likeness (QED) is 0.653. The summed E-state index contributed by atoms with van der Waals surface area (Å²) in [6.45, 7) is 7.08. The molecule has 1 aliphatic heterocycles. The topological polar surface area (TPSA) is 59.5 Å². The molecule has 0 spiro atoms. The van der Waals surface area contributed by atoms with Gasteiger partial charge in [0, 0.05) is 18.5 Å². The number of amides is 1. The van der Waals surface area contributed by atoms with Crippen molar-refractivity contribution in [1.82, 2.24) is 9.88 Å². The summed E-state index contributed by atoms with van der Waals surface area (Å²) in [4.78, 5) is 29.7. The van der Waals surface area contributed by atoms with Gasteiger partial charge in [0.25, 0.3) is 0 Å². The van der Waals surface area contributed by atoms with Crippen molar-refractivity contribution in [3.63, 3.8) is 0 Å².